The predicted octanol–water partition coefficient (Wildman–Crippen LogP) is 2.76. The Morgan fingerprint density at radius 3 is 2.67 bits per heavy atom. The molecule has 0 bridgehead atoms. The number of nitrogens with one attached hydrogen (secondary N) is 2. The number of halogens is 1. The van der Waals surface area contributed by atoms with Gasteiger partial charge in [0.2, 0.25) is 10.0 Å². The van der Waals surface area contributed by atoms with Crippen molar-refractivity contribution in [2.24, 2.45) is 0 Å². The number of hydrogen-bond acceptors (Lipinski definition) is 4. The van der Waals surface area contributed by atoms with Gasteiger partial charge in [-0.15, -0.1) is 11.3 Å². The molecule has 24 heavy (non-hydrogen) atoms. The van der Waals surface area contributed by atoms with Crippen molar-refractivity contribution >= 4 is 43.3 Å². The fraction of sp³-hybridized carbons (Fsp3) is 0.267. The molecule has 9 heteroatoms. The Bertz CT molecular complexity index is 821. The van der Waals surface area contributed by atoms with E-state index < -0.39 is 10.0 Å². The fourth-order valence-electron chi connectivity index (χ4n) is 2.00. The van der Waals surface area contributed by atoms with Gasteiger partial charge in [0.1, 0.15) is 0 Å². The average Bonchev–Trinajstić information content (AvgIpc) is 2.97. The highest BCUT2D eigenvalue weighted by Crippen LogP contribution is 2.23. The van der Waals surface area contributed by atoms with Crippen molar-refractivity contribution in [1.29, 1.82) is 0 Å². The number of sulfonamides is 1. The van der Waals surface area contributed by atoms with Crippen LogP contribution >= 0.6 is 27.3 Å². The van der Waals surface area contributed by atoms with Crippen molar-refractivity contribution in [2.75, 3.05) is 14.1 Å². The van der Waals surface area contributed by atoms with Crippen LogP contribution in [-0.4, -0.2) is 33.4 Å². The number of hydrogen-bond donors (Lipinski definition) is 2. The van der Waals surface area contributed by atoms with E-state index in [4.69, 9.17) is 0 Å². The van der Waals surface area contributed by atoms with Crippen LogP contribution in [0.1, 0.15) is 10.4 Å². The lowest BCUT2D eigenvalue weighted by Gasteiger charge is -2.17. The molecule has 0 spiro atoms. The largest absolute Gasteiger partial charge is 0.334 e. The van der Waals surface area contributed by atoms with E-state index in [9.17, 15) is 13.2 Å². The Balaban J connectivity index is 1.95. The van der Waals surface area contributed by atoms with Gasteiger partial charge in [0, 0.05) is 18.5 Å². The summed E-state index contributed by atoms with van der Waals surface area (Å²) in [5.41, 5.74) is 0.715. The van der Waals surface area contributed by atoms with Gasteiger partial charge in [-0.25, -0.2) is 17.9 Å². The summed E-state index contributed by atoms with van der Waals surface area (Å²) in [5, 5.41) is 2.79. The lowest BCUT2D eigenvalue weighted by atomic mass is 10.2. The van der Waals surface area contributed by atoms with E-state index in [0.717, 1.165) is 8.66 Å². The fourth-order valence-corrected chi connectivity index (χ4v) is 4.33. The van der Waals surface area contributed by atoms with Crippen molar-refractivity contribution < 1.29 is 13.2 Å². The number of carbonyl (C=O) groups is 1. The summed E-state index contributed by atoms with van der Waals surface area (Å²) in [4.78, 5) is 15.0. The molecule has 0 saturated carbocycles. The second kappa shape index (κ2) is 8.11. The zero-order chi connectivity index (χ0) is 17.7. The van der Waals surface area contributed by atoms with Gasteiger partial charge in [0.25, 0.3) is 0 Å². The number of rotatable bonds is 6. The summed E-state index contributed by atoms with van der Waals surface area (Å²) in [6.45, 7) is 0.765. The van der Waals surface area contributed by atoms with E-state index >= 15 is 0 Å². The van der Waals surface area contributed by atoms with E-state index in [2.05, 4.69) is 26.0 Å². The highest BCUT2D eigenvalue weighted by molar-refractivity contribution is 9.11. The summed E-state index contributed by atoms with van der Waals surface area (Å²) < 4.78 is 26.9. The van der Waals surface area contributed by atoms with Crippen LogP contribution in [0, 0.1) is 0 Å². The highest BCUT2D eigenvalue weighted by Gasteiger charge is 2.13. The van der Waals surface area contributed by atoms with Crippen molar-refractivity contribution in [3.63, 3.8) is 0 Å². The molecule has 1 aromatic heterocycles. The molecule has 0 aliphatic rings. The zero-order valence-electron chi connectivity index (χ0n) is 13.2. The molecule has 2 N–H and O–H groups in total. The van der Waals surface area contributed by atoms with Gasteiger partial charge in [-0.1, -0.05) is 12.1 Å². The molecule has 2 rings (SSSR count). The number of thiophene rings is 1. The molecule has 130 valence electrons. The van der Waals surface area contributed by atoms with Crippen molar-refractivity contribution in [3.05, 3.63) is 50.6 Å². The van der Waals surface area contributed by atoms with E-state index in [1.165, 1.54) is 13.1 Å². The molecule has 0 aliphatic carbocycles. The molecule has 0 fully saturated rings. The third-order valence-electron chi connectivity index (χ3n) is 3.29. The molecule has 2 aromatic rings. The molecule has 6 nitrogen and oxygen atoms in total. The van der Waals surface area contributed by atoms with E-state index in [0.29, 0.717) is 12.1 Å². The Labute approximate surface area is 154 Å². The van der Waals surface area contributed by atoms with Crippen LogP contribution in [0.4, 0.5) is 4.79 Å². The molecule has 1 heterocycles. The van der Waals surface area contributed by atoms with E-state index in [-0.39, 0.29) is 17.5 Å². The Morgan fingerprint density at radius 1 is 1.29 bits per heavy atom. The first-order valence-corrected chi connectivity index (χ1v) is 10.2. The topological polar surface area (TPSA) is 78.5 Å². The standard InChI is InChI=1S/C15H18BrN3O3S2/c1-17-24(21,22)13-5-3-4-11(8-13)9-18-15(20)19(2)10-12-6-7-14(16)23-12/h3-8,17H,9-10H2,1-2H3,(H,18,20). The Hall–Kier alpha value is -1.42. The van der Waals surface area contributed by atoms with Gasteiger partial charge >= 0.3 is 6.03 Å². The Kier molecular flexibility index (Phi) is 6.39. The third-order valence-corrected chi connectivity index (χ3v) is 6.31. The highest BCUT2D eigenvalue weighted by atomic mass is 79.9. The number of carbonyl (C=O) groups excluding carboxylic acids is 1. The van der Waals surface area contributed by atoms with E-state index in [1.807, 2.05) is 12.1 Å². The van der Waals surface area contributed by atoms with Crippen molar-refractivity contribution in [2.45, 2.75) is 18.0 Å². The summed E-state index contributed by atoms with van der Waals surface area (Å²) >= 11 is 4.97. The molecule has 2 amide bonds. The molecule has 0 radical (unpaired) electrons. The maximum Gasteiger partial charge on any atom is 0.317 e. The quantitative estimate of drug-likeness (QED) is 0.737. The maximum atomic E-state index is 12.1. The van der Waals surface area contributed by atoms with Crippen molar-refractivity contribution in [3.8, 4) is 0 Å². The minimum absolute atomic E-state index is 0.175. The van der Waals surface area contributed by atoms with Gasteiger partial charge in [0.15, 0.2) is 0 Å². The van der Waals surface area contributed by atoms with Crippen molar-refractivity contribution in [1.82, 2.24) is 14.9 Å². The van der Waals surface area contributed by atoms with Crippen LogP contribution in [-0.2, 0) is 23.1 Å². The first kappa shape index (κ1) is 18.9. The molecule has 0 unspecified atom stereocenters. The molecule has 1 aromatic carbocycles. The third kappa shape index (κ3) is 5.04. The van der Waals surface area contributed by atoms with Crippen LogP contribution < -0.4 is 10.0 Å². The van der Waals surface area contributed by atoms with Gasteiger partial charge in [-0.05, 0) is 52.8 Å². The SMILES string of the molecule is CNS(=O)(=O)c1cccc(CNC(=O)N(C)Cc2ccc(Br)s2)c1. The molecule has 0 atom stereocenters. The van der Waals surface area contributed by atoms with Gasteiger partial charge in [0.05, 0.1) is 15.2 Å². The number of amides is 2. The molecular weight excluding hydrogens is 414 g/mol. The minimum atomic E-state index is -3.49. The summed E-state index contributed by atoms with van der Waals surface area (Å²) in [7, 11) is -0.414. The van der Waals surface area contributed by atoms with Crippen LogP contribution in [0.25, 0.3) is 0 Å². The number of nitrogens with zero attached hydrogens (tertiary/aromatic N) is 1. The zero-order valence-corrected chi connectivity index (χ0v) is 16.5. The number of benzene rings is 1. The molecule has 0 saturated heterocycles. The van der Waals surface area contributed by atoms with Gasteiger partial charge < -0.3 is 10.2 Å². The lowest BCUT2D eigenvalue weighted by Crippen LogP contribution is -2.36. The normalized spacial score (nSPS) is 11.3. The Morgan fingerprint density at radius 2 is 2.04 bits per heavy atom. The number of urea groups is 1. The monoisotopic (exact) mass is 431 g/mol. The first-order valence-electron chi connectivity index (χ1n) is 7.07. The first-order chi connectivity index (χ1) is 11.3. The second-order valence-corrected chi connectivity index (χ2v) is 9.51. The summed E-state index contributed by atoms with van der Waals surface area (Å²) in [6.07, 6.45) is 0. The lowest BCUT2D eigenvalue weighted by molar-refractivity contribution is 0.207. The van der Waals surface area contributed by atoms with Crippen LogP contribution in [0.3, 0.4) is 0 Å². The second-order valence-electron chi connectivity index (χ2n) is 5.08. The van der Waals surface area contributed by atoms with E-state index in [1.54, 1.807) is 41.5 Å². The van der Waals surface area contributed by atoms with Gasteiger partial charge in [-0.3, -0.25) is 0 Å². The minimum Gasteiger partial charge on any atom is -0.334 e. The van der Waals surface area contributed by atoms with Gasteiger partial charge in [-0.2, -0.15) is 0 Å². The summed E-state index contributed by atoms with van der Waals surface area (Å²) in [5.74, 6) is 0. The average molecular weight is 432 g/mol. The molecule has 0 aliphatic heterocycles. The predicted molar refractivity (Wildman–Crippen MR) is 98.4 cm³/mol. The summed E-state index contributed by atoms with van der Waals surface area (Å²) in [6, 6.07) is 10.2. The van der Waals surface area contributed by atoms with Crippen LogP contribution in [0.5, 0.6) is 0 Å². The van der Waals surface area contributed by atoms with Crippen LogP contribution in [0.2, 0.25) is 0 Å². The smallest absolute Gasteiger partial charge is 0.317 e. The van der Waals surface area contributed by atoms with Crippen LogP contribution in [0.15, 0.2) is 45.1 Å². The maximum absolute atomic E-state index is 12.1. The molecular formula is C15H18BrN3O3S2.